The standard InChI is InChI=1S/C28H19NS/c1-2-3-4-5-23-6-8-24(9-7-23)10-11-25-12-14-26(15-13-25)16-17-27-18-20-28(21-19-27)29-22-30/h6-9,12-15,18-21H,2-3H2,1H3. The summed E-state index contributed by atoms with van der Waals surface area (Å²) in [6, 6.07) is 23.5. The van der Waals surface area contributed by atoms with Gasteiger partial charge in [0, 0.05) is 34.2 Å². The first kappa shape index (κ1) is 20.9. The van der Waals surface area contributed by atoms with Gasteiger partial charge in [-0.3, -0.25) is 0 Å². The van der Waals surface area contributed by atoms with Crippen LogP contribution in [0.2, 0.25) is 0 Å². The van der Waals surface area contributed by atoms with Crippen LogP contribution in [0.5, 0.6) is 0 Å². The molecule has 0 fully saturated rings. The van der Waals surface area contributed by atoms with Crippen molar-refractivity contribution in [2.24, 2.45) is 4.99 Å². The molecule has 0 bridgehead atoms. The molecule has 0 spiro atoms. The van der Waals surface area contributed by atoms with Gasteiger partial charge in [-0.2, -0.15) is 4.99 Å². The summed E-state index contributed by atoms with van der Waals surface area (Å²) in [5.74, 6) is 19.0. The molecule has 0 atom stereocenters. The van der Waals surface area contributed by atoms with E-state index in [-0.39, 0.29) is 0 Å². The molecule has 0 aliphatic rings. The first-order valence-corrected chi connectivity index (χ1v) is 10.1. The lowest BCUT2D eigenvalue weighted by Gasteiger charge is -1.94. The normalized spacial score (nSPS) is 8.97. The lowest BCUT2D eigenvalue weighted by molar-refractivity contribution is 0.983. The lowest BCUT2D eigenvalue weighted by atomic mass is 10.1. The van der Waals surface area contributed by atoms with Crippen molar-refractivity contribution in [3.05, 3.63) is 101 Å². The Bertz CT molecular complexity index is 1220. The number of rotatable bonds is 2. The van der Waals surface area contributed by atoms with E-state index in [2.05, 4.69) is 64.8 Å². The predicted molar refractivity (Wildman–Crippen MR) is 128 cm³/mol. The minimum Gasteiger partial charge on any atom is -0.195 e. The number of nitrogens with zero attached hydrogens (tertiary/aromatic N) is 1. The summed E-state index contributed by atoms with van der Waals surface area (Å²) < 4.78 is 0. The van der Waals surface area contributed by atoms with Gasteiger partial charge in [-0.15, -0.1) is 0 Å². The third-order valence-electron chi connectivity index (χ3n) is 4.12. The second kappa shape index (κ2) is 11.2. The Morgan fingerprint density at radius 2 is 0.967 bits per heavy atom. The molecule has 0 aliphatic carbocycles. The molecule has 0 amide bonds. The van der Waals surface area contributed by atoms with Crippen LogP contribution < -0.4 is 0 Å². The van der Waals surface area contributed by atoms with E-state index in [0.29, 0.717) is 0 Å². The molecule has 0 saturated carbocycles. The zero-order valence-electron chi connectivity index (χ0n) is 16.7. The van der Waals surface area contributed by atoms with Gasteiger partial charge in [-0.25, -0.2) is 0 Å². The Labute approximate surface area is 183 Å². The summed E-state index contributed by atoms with van der Waals surface area (Å²) in [7, 11) is 0. The van der Waals surface area contributed by atoms with Gasteiger partial charge >= 0.3 is 0 Å². The summed E-state index contributed by atoms with van der Waals surface area (Å²) in [5, 5.41) is 2.35. The summed E-state index contributed by atoms with van der Waals surface area (Å²) in [5.41, 5.74) is 5.59. The van der Waals surface area contributed by atoms with Crippen molar-refractivity contribution in [3.8, 4) is 35.5 Å². The average Bonchev–Trinajstić information content (AvgIpc) is 2.79. The Kier molecular flexibility index (Phi) is 7.80. The molecular weight excluding hydrogens is 382 g/mol. The zero-order chi connectivity index (χ0) is 21.0. The van der Waals surface area contributed by atoms with Gasteiger partial charge in [0.2, 0.25) is 0 Å². The van der Waals surface area contributed by atoms with E-state index in [4.69, 9.17) is 0 Å². The van der Waals surface area contributed by atoms with Crippen LogP contribution >= 0.6 is 12.2 Å². The maximum atomic E-state index is 4.60. The van der Waals surface area contributed by atoms with E-state index in [0.717, 1.165) is 46.3 Å². The average molecular weight is 402 g/mol. The number of aliphatic imine (C=N–C) groups is 1. The third-order valence-corrected chi connectivity index (χ3v) is 4.21. The fourth-order valence-corrected chi connectivity index (χ4v) is 2.63. The number of unbranched alkanes of at least 4 members (excludes halogenated alkanes) is 1. The molecule has 142 valence electrons. The Morgan fingerprint density at radius 3 is 1.33 bits per heavy atom. The first-order chi connectivity index (χ1) is 14.8. The molecule has 0 N–H and O–H groups in total. The van der Waals surface area contributed by atoms with Crippen LogP contribution in [0.25, 0.3) is 0 Å². The number of benzene rings is 3. The van der Waals surface area contributed by atoms with Crippen LogP contribution in [0, 0.1) is 35.5 Å². The number of hydrogen-bond donors (Lipinski definition) is 0. The molecule has 30 heavy (non-hydrogen) atoms. The fraction of sp³-hybridized carbons (Fsp3) is 0.107. The highest BCUT2D eigenvalue weighted by molar-refractivity contribution is 7.78. The third kappa shape index (κ3) is 6.63. The maximum absolute atomic E-state index is 4.60. The molecule has 3 aromatic rings. The number of thiocarbonyl (C=S) groups is 1. The molecule has 3 rings (SSSR count). The molecule has 0 saturated heterocycles. The molecular formula is C28H19NS. The van der Waals surface area contributed by atoms with Crippen molar-refractivity contribution in [2.75, 3.05) is 0 Å². The molecule has 0 unspecified atom stereocenters. The Balaban J connectivity index is 1.64. The van der Waals surface area contributed by atoms with E-state index in [1.165, 1.54) is 0 Å². The summed E-state index contributed by atoms with van der Waals surface area (Å²) >= 11 is 4.60. The van der Waals surface area contributed by atoms with Crippen LogP contribution in [-0.4, -0.2) is 5.16 Å². The van der Waals surface area contributed by atoms with Gasteiger partial charge in [0.15, 0.2) is 0 Å². The Hall–Kier alpha value is -3.86. The van der Waals surface area contributed by atoms with E-state index in [1.54, 1.807) is 0 Å². The van der Waals surface area contributed by atoms with E-state index >= 15 is 0 Å². The van der Waals surface area contributed by atoms with Crippen LogP contribution in [0.15, 0.2) is 77.8 Å². The second-order valence-corrected chi connectivity index (χ2v) is 6.64. The molecule has 0 aromatic heterocycles. The van der Waals surface area contributed by atoms with Crippen LogP contribution in [0.4, 0.5) is 5.69 Å². The van der Waals surface area contributed by atoms with Crippen molar-refractivity contribution in [1.82, 2.24) is 0 Å². The number of hydrogen-bond acceptors (Lipinski definition) is 2. The highest BCUT2D eigenvalue weighted by atomic mass is 32.1. The summed E-state index contributed by atoms with van der Waals surface area (Å²) in [6.45, 7) is 2.13. The monoisotopic (exact) mass is 401 g/mol. The SMILES string of the molecule is CCCC#Cc1ccc(C#Cc2ccc(C#Cc3ccc(N=C=S)cc3)cc2)cc1. The molecule has 3 aromatic carbocycles. The Morgan fingerprint density at radius 1 is 0.600 bits per heavy atom. The van der Waals surface area contributed by atoms with Gasteiger partial charge in [-0.1, -0.05) is 42.4 Å². The summed E-state index contributed by atoms with van der Waals surface area (Å²) in [4.78, 5) is 3.93. The minimum absolute atomic E-state index is 0.775. The fourth-order valence-electron chi connectivity index (χ4n) is 2.52. The largest absolute Gasteiger partial charge is 0.195 e. The quantitative estimate of drug-likeness (QED) is 0.276. The first-order valence-electron chi connectivity index (χ1n) is 9.68. The van der Waals surface area contributed by atoms with Gasteiger partial charge in [0.25, 0.3) is 0 Å². The van der Waals surface area contributed by atoms with Crippen LogP contribution in [0.1, 0.15) is 47.6 Å². The molecule has 0 radical (unpaired) electrons. The van der Waals surface area contributed by atoms with Gasteiger partial charge in [-0.05, 0) is 91.4 Å². The predicted octanol–water partition coefficient (Wildman–Crippen LogP) is 6.37. The van der Waals surface area contributed by atoms with E-state index < -0.39 is 0 Å². The molecule has 0 heterocycles. The van der Waals surface area contributed by atoms with Crippen LogP contribution in [0.3, 0.4) is 0 Å². The van der Waals surface area contributed by atoms with E-state index in [9.17, 15) is 0 Å². The number of isothiocyanates is 1. The van der Waals surface area contributed by atoms with E-state index in [1.807, 2.05) is 72.8 Å². The maximum Gasteiger partial charge on any atom is 0.0740 e. The van der Waals surface area contributed by atoms with Crippen molar-refractivity contribution in [2.45, 2.75) is 19.8 Å². The highest BCUT2D eigenvalue weighted by Crippen LogP contribution is 2.12. The minimum atomic E-state index is 0.775. The van der Waals surface area contributed by atoms with Gasteiger partial charge in [0.05, 0.1) is 10.8 Å². The zero-order valence-corrected chi connectivity index (χ0v) is 17.5. The molecule has 0 aliphatic heterocycles. The molecule has 1 nitrogen and oxygen atoms in total. The second-order valence-electron chi connectivity index (χ2n) is 6.46. The lowest BCUT2D eigenvalue weighted by Crippen LogP contribution is -1.80. The smallest absolute Gasteiger partial charge is 0.0740 e. The van der Waals surface area contributed by atoms with Crippen molar-refractivity contribution < 1.29 is 0 Å². The topological polar surface area (TPSA) is 12.4 Å². The summed E-state index contributed by atoms with van der Waals surface area (Å²) in [6.07, 6.45) is 2.01. The van der Waals surface area contributed by atoms with Gasteiger partial charge < -0.3 is 0 Å². The van der Waals surface area contributed by atoms with Crippen molar-refractivity contribution in [1.29, 1.82) is 0 Å². The highest BCUT2D eigenvalue weighted by Gasteiger charge is 1.92. The van der Waals surface area contributed by atoms with Crippen molar-refractivity contribution >= 4 is 23.1 Å². The van der Waals surface area contributed by atoms with Crippen LogP contribution in [-0.2, 0) is 0 Å². The van der Waals surface area contributed by atoms with Gasteiger partial charge in [0.1, 0.15) is 0 Å². The molecule has 2 heteroatoms. The van der Waals surface area contributed by atoms with Crippen molar-refractivity contribution in [3.63, 3.8) is 0 Å².